The van der Waals surface area contributed by atoms with Crippen molar-refractivity contribution in [3.63, 3.8) is 0 Å². The van der Waals surface area contributed by atoms with Crippen LogP contribution in [0.2, 0.25) is 10.0 Å². The third-order valence-corrected chi connectivity index (χ3v) is 6.11. The molecule has 0 saturated heterocycles. The van der Waals surface area contributed by atoms with Crippen molar-refractivity contribution in [2.24, 2.45) is 0 Å². The highest BCUT2D eigenvalue weighted by molar-refractivity contribution is 8.00. The lowest BCUT2D eigenvalue weighted by molar-refractivity contribution is -0.113. The Bertz CT molecular complexity index is 1110. The molecule has 0 fully saturated rings. The van der Waals surface area contributed by atoms with Crippen LogP contribution < -0.4 is 5.32 Å². The average molecular weight is 461 g/mol. The number of hydrogen-bond acceptors (Lipinski definition) is 5. The van der Waals surface area contributed by atoms with E-state index < -0.39 is 0 Å². The predicted molar refractivity (Wildman–Crippen MR) is 121 cm³/mol. The van der Waals surface area contributed by atoms with Gasteiger partial charge in [0.25, 0.3) is 0 Å². The van der Waals surface area contributed by atoms with E-state index in [1.165, 1.54) is 23.1 Å². The van der Waals surface area contributed by atoms with Gasteiger partial charge in [-0.3, -0.25) is 4.79 Å². The second kappa shape index (κ2) is 9.00. The SMILES string of the molecule is O=C(CSc1nc(-c2ccc(Cl)cc2)[nH]c1-c1ccc(Cl)cc1)Nc1nccs1. The molecular formula is C20H14Cl2N4OS2. The molecular weight excluding hydrogens is 447 g/mol. The molecule has 9 heteroatoms. The van der Waals surface area contributed by atoms with Gasteiger partial charge in [0.15, 0.2) is 5.13 Å². The molecule has 2 N–H and O–H groups in total. The second-order valence-electron chi connectivity index (χ2n) is 5.95. The molecule has 0 aliphatic carbocycles. The van der Waals surface area contributed by atoms with Gasteiger partial charge in [-0.2, -0.15) is 0 Å². The van der Waals surface area contributed by atoms with Gasteiger partial charge in [-0.25, -0.2) is 9.97 Å². The number of imidazole rings is 1. The molecule has 4 aromatic rings. The monoisotopic (exact) mass is 460 g/mol. The molecule has 0 radical (unpaired) electrons. The van der Waals surface area contributed by atoms with Gasteiger partial charge in [-0.1, -0.05) is 47.1 Å². The molecule has 0 spiro atoms. The maximum atomic E-state index is 12.3. The lowest BCUT2D eigenvalue weighted by atomic mass is 10.2. The quantitative estimate of drug-likeness (QED) is 0.334. The number of aromatic amines is 1. The third-order valence-electron chi connectivity index (χ3n) is 3.94. The van der Waals surface area contributed by atoms with Gasteiger partial charge in [0.05, 0.1) is 11.4 Å². The molecule has 0 saturated carbocycles. The Hall–Kier alpha value is -2.32. The van der Waals surface area contributed by atoms with Crippen molar-refractivity contribution in [3.8, 4) is 22.6 Å². The summed E-state index contributed by atoms with van der Waals surface area (Å²) < 4.78 is 0. The lowest BCUT2D eigenvalue weighted by Crippen LogP contribution is -2.13. The zero-order valence-electron chi connectivity index (χ0n) is 14.9. The van der Waals surface area contributed by atoms with Gasteiger partial charge in [0, 0.05) is 32.7 Å². The summed E-state index contributed by atoms with van der Waals surface area (Å²) in [5.41, 5.74) is 2.67. The van der Waals surface area contributed by atoms with E-state index in [2.05, 4.69) is 15.3 Å². The van der Waals surface area contributed by atoms with Crippen LogP contribution in [-0.4, -0.2) is 26.6 Å². The first kappa shape index (κ1) is 20.0. The fourth-order valence-electron chi connectivity index (χ4n) is 2.59. The summed E-state index contributed by atoms with van der Waals surface area (Å²) in [6.45, 7) is 0. The summed E-state index contributed by atoms with van der Waals surface area (Å²) in [4.78, 5) is 24.4. The first-order valence-electron chi connectivity index (χ1n) is 8.52. The minimum Gasteiger partial charge on any atom is -0.337 e. The lowest BCUT2D eigenvalue weighted by Gasteiger charge is -2.03. The van der Waals surface area contributed by atoms with Crippen LogP contribution in [0.3, 0.4) is 0 Å². The Morgan fingerprint density at radius 2 is 1.69 bits per heavy atom. The Balaban J connectivity index is 1.60. The molecule has 146 valence electrons. The zero-order chi connectivity index (χ0) is 20.2. The number of thioether (sulfide) groups is 1. The number of H-pyrrole nitrogens is 1. The Labute approximate surface area is 185 Å². The van der Waals surface area contributed by atoms with Gasteiger partial charge >= 0.3 is 0 Å². The van der Waals surface area contributed by atoms with Crippen molar-refractivity contribution < 1.29 is 4.79 Å². The van der Waals surface area contributed by atoms with E-state index in [0.717, 1.165) is 21.8 Å². The molecule has 1 amide bonds. The van der Waals surface area contributed by atoms with Gasteiger partial charge in [-0.15, -0.1) is 11.3 Å². The van der Waals surface area contributed by atoms with E-state index in [0.29, 0.717) is 21.0 Å². The molecule has 0 unspecified atom stereocenters. The molecule has 4 rings (SSSR count). The van der Waals surface area contributed by atoms with Crippen molar-refractivity contribution in [1.82, 2.24) is 15.0 Å². The number of hydrogen-bond donors (Lipinski definition) is 2. The first-order chi connectivity index (χ1) is 14.1. The third kappa shape index (κ3) is 5.00. The Morgan fingerprint density at radius 1 is 1.03 bits per heavy atom. The number of carbonyl (C=O) groups is 1. The van der Waals surface area contributed by atoms with Crippen LogP contribution in [0.15, 0.2) is 65.1 Å². The van der Waals surface area contributed by atoms with E-state index in [-0.39, 0.29) is 11.7 Å². The summed E-state index contributed by atoms with van der Waals surface area (Å²) in [6.07, 6.45) is 1.65. The number of rotatable bonds is 6. The van der Waals surface area contributed by atoms with Crippen molar-refractivity contribution in [1.29, 1.82) is 0 Å². The van der Waals surface area contributed by atoms with Crippen molar-refractivity contribution in [3.05, 3.63) is 70.2 Å². The van der Waals surface area contributed by atoms with Crippen LogP contribution in [0, 0.1) is 0 Å². The van der Waals surface area contributed by atoms with Crippen LogP contribution in [0.5, 0.6) is 0 Å². The van der Waals surface area contributed by atoms with Gasteiger partial charge < -0.3 is 10.3 Å². The number of amides is 1. The summed E-state index contributed by atoms with van der Waals surface area (Å²) >= 11 is 14.8. The Morgan fingerprint density at radius 3 is 2.31 bits per heavy atom. The van der Waals surface area contributed by atoms with E-state index in [1.54, 1.807) is 6.20 Å². The number of aromatic nitrogens is 3. The summed E-state index contributed by atoms with van der Waals surface area (Å²) in [6, 6.07) is 14.9. The number of halogens is 2. The van der Waals surface area contributed by atoms with Crippen LogP contribution in [0.4, 0.5) is 5.13 Å². The van der Waals surface area contributed by atoms with E-state index in [4.69, 9.17) is 28.2 Å². The van der Waals surface area contributed by atoms with Gasteiger partial charge in [0.1, 0.15) is 10.9 Å². The highest BCUT2D eigenvalue weighted by Crippen LogP contribution is 2.33. The highest BCUT2D eigenvalue weighted by atomic mass is 35.5. The zero-order valence-corrected chi connectivity index (χ0v) is 18.0. The van der Waals surface area contributed by atoms with Crippen LogP contribution in [0.25, 0.3) is 22.6 Å². The summed E-state index contributed by atoms with van der Waals surface area (Å²) in [5.74, 6) is 0.781. The first-order valence-corrected chi connectivity index (χ1v) is 11.1. The predicted octanol–water partition coefficient (Wildman–Crippen LogP) is 6.24. The number of thiazole rings is 1. The largest absolute Gasteiger partial charge is 0.337 e. The van der Waals surface area contributed by atoms with Crippen LogP contribution >= 0.6 is 46.3 Å². The average Bonchev–Trinajstić information content (AvgIpc) is 3.37. The van der Waals surface area contributed by atoms with Gasteiger partial charge in [0.2, 0.25) is 5.91 Å². The van der Waals surface area contributed by atoms with Crippen LogP contribution in [-0.2, 0) is 4.79 Å². The molecule has 0 atom stereocenters. The summed E-state index contributed by atoms with van der Waals surface area (Å²) in [5, 5.41) is 7.22. The maximum absolute atomic E-state index is 12.3. The smallest absolute Gasteiger partial charge is 0.236 e. The van der Waals surface area contributed by atoms with Crippen molar-refractivity contribution >= 4 is 57.3 Å². The topological polar surface area (TPSA) is 70.7 Å². The minimum absolute atomic E-state index is 0.136. The van der Waals surface area contributed by atoms with Crippen molar-refractivity contribution in [2.45, 2.75) is 5.03 Å². The van der Waals surface area contributed by atoms with E-state index >= 15 is 0 Å². The standard InChI is InChI=1S/C20H14Cl2N4OS2/c21-14-5-1-12(2-6-14)17-19(29-11-16(27)24-20-23-9-10-28-20)26-18(25-17)13-3-7-15(22)8-4-13/h1-10H,11H2,(H,25,26)(H,23,24,27). The number of nitrogens with zero attached hydrogens (tertiary/aromatic N) is 2. The second-order valence-corrected chi connectivity index (χ2v) is 8.68. The molecule has 5 nitrogen and oxygen atoms in total. The fraction of sp³-hybridized carbons (Fsp3) is 0.0500. The normalized spacial score (nSPS) is 10.8. The highest BCUT2D eigenvalue weighted by Gasteiger charge is 2.16. The molecule has 0 aliphatic heterocycles. The molecule has 2 aromatic carbocycles. The molecule has 2 aromatic heterocycles. The van der Waals surface area contributed by atoms with E-state index in [1.807, 2.05) is 53.9 Å². The van der Waals surface area contributed by atoms with E-state index in [9.17, 15) is 4.79 Å². The van der Waals surface area contributed by atoms with Crippen LogP contribution in [0.1, 0.15) is 0 Å². The van der Waals surface area contributed by atoms with Crippen molar-refractivity contribution in [2.75, 3.05) is 11.1 Å². The number of anilines is 1. The molecule has 0 bridgehead atoms. The molecule has 2 heterocycles. The molecule has 0 aliphatic rings. The number of carbonyl (C=O) groups excluding carboxylic acids is 1. The minimum atomic E-state index is -0.136. The maximum Gasteiger partial charge on any atom is 0.236 e. The Kier molecular flexibility index (Phi) is 6.20. The fourth-order valence-corrected chi connectivity index (χ4v) is 4.20. The number of nitrogens with one attached hydrogen (secondary N) is 2. The number of benzene rings is 2. The van der Waals surface area contributed by atoms with Gasteiger partial charge in [-0.05, 0) is 36.4 Å². The summed E-state index contributed by atoms with van der Waals surface area (Å²) in [7, 11) is 0. The molecule has 29 heavy (non-hydrogen) atoms.